The third kappa shape index (κ3) is 0.621. The molecule has 0 radical (unpaired) electrons. The van der Waals surface area contributed by atoms with Crippen LogP contribution in [0.2, 0.25) is 0 Å². The van der Waals surface area contributed by atoms with Crippen LogP contribution in [0.3, 0.4) is 0 Å². The lowest BCUT2D eigenvalue weighted by atomic mass is 10.4. The molecule has 0 fully saturated rings. The Hall–Kier alpha value is -1.58. The number of nitrogens with one attached hydrogen (secondary N) is 1. The van der Waals surface area contributed by atoms with Gasteiger partial charge in [0.15, 0.2) is 6.39 Å². The fourth-order valence-corrected chi connectivity index (χ4v) is 0.775. The number of nitrogens with zero attached hydrogens (tertiary/aromatic N) is 1. The van der Waals surface area contributed by atoms with Crippen LogP contribution in [0.1, 0.15) is 0 Å². The Morgan fingerprint density at radius 2 is 2.40 bits per heavy atom. The lowest BCUT2D eigenvalue weighted by Crippen LogP contribution is -2.00. The second-order valence-electron chi connectivity index (χ2n) is 1.89. The van der Waals surface area contributed by atoms with Crippen molar-refractivity contribution >= 4 is 11.2 Å². The minimum absolute atomic E-state index is 0.177. The Bertz CT molecular complexity index is 401. The lowest BCUT2D eigenvalue weighted by Gasteiger charge is -1.81. The number of hydrogen-bond donors (Lipinski definition) is 1. The molecule has 0 atom stereocenters. The Morgan fingerprint density at radius 1 is 1.50 bits per heavy atom. The van der Waals surface area contributed by atoms with Crippen molar-refractivity contribution in [1.29, 1.82) is 0 Å². The average Bonchev–Trinajstić information content (AvgIpc) is 2.33. The van der Waals surface area contributed by atoms with Crippen LogP contribution in [-0.2, 0) is 0 Å². The van der Waals surface area contributed by atoms with E-state index in [1.165, 1.54) is 12.5 Å². The Balaban J connectivity index is 2.99. The van der Waals surface area contributed by atoms with E-state index in [-0.39, 0.29) is 5.56 Å². The van der Waals surface area contributed by atoms with Crippen molar-refractivity contribution in [1.82, 2.24) is 9.97 Å². The third-order valence-electron chi connectivity index (χ3n) is 1.22. The summed E-state index contributed by atoms with van der Waals surface area (Å²) < 4.78 is 4.83. The van der Waals surface area contributed by atoms with Gasteiger partial charge in [-0.3, -0.25) is 9.78 Å². The van der Waals surface area contributed by atoms with E-state index >= 15 is 0 Å². The summed E-state index contributed by atoms with van der Waals surface area (Å²) in [6, 6.07) is 3.02. The minimum Gasteiger partial charge on any atom is -0.427 e. The van der Waals surface area contributed by atoms with Gasteiger partial charge in [-0.25, -0.2) is 4.98 Å². The molecule has 4 nitrogen and oxygen atoms in total. The highest BCUT2D eigenvalue weighted by Crippen LogP contribution is 2.03. The molecule has 1 N–H and O–H groups in total. The van der Waals surface area contributed by atoms with Crippen molar-refractivity contribution in [2.75, 3.05) is 0 Å². The molecule has 0 spiro atoms. The van der Waals surface area contributed by atoms with E-state index < -0.39 is 0 Å². The molecule has 0 saturated heterocycles. The number of aromatic nitrogens is 2. The highest BCUT2D eigenvalue weighted by Gasteiger charge is 1.95. The molecule has 2 rings (SSSR count). The van der Waals surface area contributed by atoms with Crippen LogP contribution in [0.5, 0.6) is 0 Å². The molecule has 0 aromatic carbocycles. The van der Waals surface area contributed by atoms with E-state index in [1.807, 2.05) is 0 Å². The molecule has 0 amide bonds. The number of fused-ring (bicyclic) bond motifs is 1. The summed E-state index contributed by atoms with van der Waals surface area (Å²) in [4.78, 5) is 16.9. The quantitative estimate of drug-likeness (QED) is 0.574. The third-order valence-corrected chi connectivity index (χ3v) is 1.22. The van der Waals surface area contributed by atoms with E-state index in [0.29, 0.717) is 11.2 Å². The highest BCUT2D eigenvalue weighted by molar-refractivity contribution is 5.66. The normalized spacial score (nSPS) is 10.4. The fourth-order valence-electron chi connectivity index (χ4n) is 0.775. The molecule has 10 heavy (non-hydrogen) atoms. The second kappa shape index (κ2) is 1.70. The minimum atomic E-state index is -0.177. The molecule has 0 aliphatic carbocycles. The van der Waals surface area contributed by atoms with Gasteiger partial charge in [0.05, 0.1) is 0 Å². The summed E-state index contributed by atoms with van der Waals surface area (Å²) in [6.45, 7) is 0. The zero-order chi connectivity index (χ0) is 6.97. The molecular weight excluding hydrogens is 132 g/mol. The zero-order valence-corrected chi connectivity index (χ0v) is 5.00. The first-order chi connectivity index (χ1) is 4.86. The van der Waals surface area contributed by atoms with Crippen LogP contribution in [0, 0.1) is 0 Å². The molecule has 0 unspecified atom stereocenters. The van der Waals surface area contributed by atoms with Crippen molar-refractivity contribution in [2.24, 2.45) is 0 Å². The first-order valence-electron chi connectivity index (χ1n) is 2.79. The largest absolute Gasteiger partial charge is 0.427 e. The number of oxazole rings is 1. The fraction of sp³-hybridized carbons (Fsp3) is 0. The van der Waals surface area contributed by atoms with Gasteiger partial charge in [-0.05, 0) is 6.07 Å². The molecule has 0 aliphatic rings. The molecule has 0 bridgehead atoms. The molecule has 0 aliphatic heterocycles. The maximum absolute atomic E-state index is 10.6. The van der Waals surface area contributed by atoms with Gasteiger partial charge in [-0.2, -0.15) is 0 Å². The van der Waals surface area contributed by atoms with Crippen LogP contribution in [0.15, 0.2) is 27.7 Å². The lowest BCUT2D eigenvalue weighted by molar-refractivity contribution is 0.589. The number of aromatic amines is 1. The zero-order valence-electron chi connectivity index (χ0n) is 5.00. The van der Waals surface area contributed by atoms with Crippen LogP contribution >= 0.6 is 0 Å². The molecular formula is C6H4N2O2. The Morgan fingerprint density at radius 3 is 3.30 bits per heavy atom. The maximum Gasteiger partial charge on any atom is 0.250 e. The molecule has 0 saturated carbocycles. The number of H-pyrrole nitrogens is 1. The van der Waals surface area contributed by atoms with E-state index in [0.717, 1.165) is 0 Å². The van der Waals surface area contributed by atoms with Crippen LogP contribution in [-0.4, -0.2) is 9.97 Å². The van der Waals surface area contributed by atoms with E-state index in [2.05, 4.69) is 9.97 Å². The highest BCUT2D eigenvalue weighted by atomic mass is 16.3. The summed E-state index contributed by atoms with van der Waals surface area (Å²) in [7, 11) is 0. The summed E-state index contributed by atoms with van der Waals surface area (Å²) in [5, 5.41) is 0. The molecule has 2 aromatic heterocycles. The van der Waals surface area contributed by atoms with Gasteiger partial charge in [-0.15, -0.1) is 0 Å². The van der Waals surface area contributed by atoms with Gasteiger partial charge in [0.25, 0.3) is 5.56 Å². The van der Waals surface area contributed by atoms with E-state index in [1.54, 1.807) is 6.07 Å². The van der Waals surface area contributed by atoms with E-state index in [9.17, 15) is 4.79 Å². The second-order valence-corrected chi connectivity index (χ2v) is 1.89. The smallest absolute Gasteiger partial charge is 0.250 e. The summed E-state index contributed by atoms with van der Waals surface area (Å²) in [6.07, 6.45) is 1.29. The number of hydrogen-bond acceptors (Lipinski definition) is 3. The van der Waals surface area contributed by atoms with Crippen molar-refractivity contribution in [3.05, 3.63) is 28.9 Å². The Kier molecular flexibility index (Phi) is 0.887. The van der Waals surface area contributed by atoms with Crippen molar-refractivity contribution in [3.8, 4) is 0 Å². The molecule has 50 valence electrons. The summed E-state index contributed by atoms with van der Waals surface area (Å²) in [5.74, 6) is 0. The molecule has 2 heterocycles. The first kappa shape index (κ1) is 5.22. The predicted octanol–water partition coefficient (Wildman–Crippen LogP) is 0.516. The van der Waals surface area contributed by atoms with Crippen molar-refractivity contribution < 1.29 is 4.42 Å². The standard InChI is InChI=1S/C6H4N2O2/c9-5-2-1-4-6(8-5)10-3-7-4/h1-3H,(H,8,9). The monoisotopic (exact) mass is 136 g/mol. The van der Waals surface area contributed by atoms with Gasteiger partial charge in [0.1, 0.15) is 5.52 Å². The van der Waals surface area contributed by atoms with Gasteiger partial charge < -0.3 is 4.42 Å². The SMILES string of the molecule is O=c1ccc2ncoc2[nH]1. The number of pyridine rings is 1. The van der Waals surface area contributed by atoms with Crippen LogP contribution < -0.4 is 5.56 Å². The van der Waals surface area contributed by atoms with Crippen LogP contribution in [0.25, 0.3) is 11.2 Å². The van der Waals surface area contributed by atoms with Crippen molar-refractivity contribution in [2.45, 2.75) is 0 Å². The van der Waals surface area contributed by atoms with E-state index in [4.69, 9.17) is 4.42 Å². The average molecular weight is 136 g/mol. The van der Waals surface area contributed by atoms with Crippen LogP contribution in [0.4, 0.5) is 0 Å². The van der Waals surface area contributed by atoms with Crippen molar-refractivity contribution in [3.63, 3.8) is 0 Å². The maximum atomic E-state index is 10.6. The van der Waals surface area contributed by atoms with Gasteiger partial charge in [0, 0.05) is 6.07 Å². The van der Waals surface area contributed by atoms with Gasteiger partial charge >= 0.3 is 0 Å². The summed E-state index contributed by atoms with van der Waals surface area (Å²) >= 11 is 0. The molecule has 4 heteroatoms. The van der Waals surface area contributed by atoms with Gasteiger partial charge in [0.2, 0.25) is 5.71 Å². The number of rotatable bonds is 0. The summed E-state index contributed by atoms with van der Waals surface area (Å²) in [5.41, 5.74) is 0.913. The predicted molar refractivity (Wildman–Crippen MR) is 34.6 cm³/mol. The Labute approximate surface area is 55.5 Å². The molecule has 2 aromatic rings. The van der Waals surface area contributed by atoms with Gasteiger partial charge in [-0.1, -0.05) is 0 Å². The first-order valence-corrected chi connectivity index (χ1v) is 2.79. The topological polar surface area (TPSA) is 58.9 Å².